The van der Waals surface area contributed by atoms with Crippen molar-refractivity contribution in [2.24, 2.45) is 0 Å². The lowest BCUT2D eigenvalue weighted by molar-refractivity contribution is 0.0952. The molecule has 2 rings (SSSR count). The van der Waals surface area contributed by atoms with E-state index >= 15 is 0 Å². The van der Waals surface area contributed by atoms with Gasteiger partial charge in [-0.15, -0.1) is 0 Å². The molecule has 0 aliphatic heterocycles. The lowest BCUT2D eigenvalue weighted by Gasteiger charge is -2.11. The summed E-state index contributed by atoms with van der Waals surface area (Å²) in [5, 5.41) is 2.84. The number of rotatable bonds is 5. The van der Waals surface area contributed by atoms with Crippen LogP contribution < -0.4 is 10.0 Å². The summed E-state index contributed by atoms with van der Waals surface area (Å²) in [6.07, 6.45) is 1.99. The molecule has 1 aromatic carbocycles. The first-order valence-corrected chi connectivity index (χ1v) is 7.57. The molecular weight excluding hydrogens is 252 g/mol. The van der Waals surface area contributed by atoms with Crippen molar-refractivity contribution in [3.05, 3.63) is 29.8 Å². The molecule has 1 aliphatic rings. The van der Waals surface area contributed by atoms with Gasteiger partial charge in [0, 0.05) is 6.04 Å². The second-order valence-corrected chi connectivity index (χ2v) is 6.31. The lowest BCUT2D eigenvalue weighted by Crippen LogP contribution is -2.27. The van der Waals surface area contributed by atoms with E-state index < -0.39 is 10.0 Å². The molecule has 6 heteroatoms. The van der Waals surface area contributed by atoms with Crippen LogP contribution in [0.4, 0.5) is 5.69 Å². The van der Waals surface area contributed by atoms with Crippen LogP contribution in [0.25, 0.3) is 0 Å². The van der Waals surface area contributed by atoms with Crippen LogP contribution in [0, 0.1) is 0 Å². The van der Waals surface area contributed by atoms with Crippen LogP contribution in [0.15, 0.2) is 24.3 Å². The zero-order valence-corrected chi connectivity index (χ0v) is 11.0. The van der Waals surface area contributed by atoms with E-state index in [1.165, 1.54) is 0 Å². The summed E-state index contributed by atoms with van der Waals surface area (Å²) in [5.74, 6) is -0.252. The zero-order chi connectivity index (χ0) is 13.2. The number of hydrogen-bond donors (Lipinski definition) is 2. The Morgan fingerprint density at radius 3 is 2.61 bits per heavy atom. The van der Waals surface area contributed by atoms with Gasteiger partial charge in [-0.2, -0.15) is 0 Å². The first kappa shape index (κ1) is 12.9. The number of carbonyl (C=O) groups is 1. The van der Waals surface area contributed by atoms with Gasteiger partial charge in [-0.05, 0) is 31.9 Å². The molecule has 2 N–H and O–H groups in total. The van der Waals surface area contributed by atoms with Crippen molar-refractivity contribution in [2.45, 2.75) is 25.8 Å². The smallest absolute Gasteiger partial charge is 0.253 e. The summed E-state index contributed by atoms with van der Waals surface area (Å²) >= 11 is 0. The first-order valence-electron chi connectivity index (χ1n) is 5.92. The van der Waals surface area contributed by atoms with Crippen molar-refractivity contribution >= 4 is 21.6 Å². The molecule has 1 aromatic rings. The van der Waals surface area contributed by atoms with Crippen molar-refractivity contribution in [1.29, 1.82) is 0 Å². The molecule has 18 heavy (non-hydrogen) atoms. The fraction of sp³-hybridized carbons (Fsp3) is 0.417. The Kier molecular flexibility index (Phi) is 3.56. The van der Waals surface area contributed by atoms with Gasteiger partial charge in [-0.1, -0.05) is 12.1 Å². The fourth-order valence-corrected chi connectivity index (χ4v) is 2.16. The molecule has 1 amide bonds. The Labute approximate surface area is 107 Å². The highest BCUT2D eigenvalue weighted by Gasteiger charge is 2.25. The molecule has 1 saturated carbocycles. The van der Waals surface area contributed by atoms with Crippen LogP contribution in [0.1, 0.15) is 30.1 Å². The molecule has 0 aromatic heterocycles. The number of amides is 1. The highest BCUT2D eigenvalue weighted by Crippen LogP contribution is 2.22. The number of hydrogen-bond acceptors (Lipinski definition) is 3. The van der Waals surface area contributed by atoms with Crippen LogP contribution in [0.5, 0.6) is 0 Å². The molecule has 0 heterocycles. The van der Waals surface area contributed by atoms with Gasteiger partial charge in [0.25, 0.3) is 5.91 Å². The van der Waals surface area contributed by atoms with Gasteiger partial charge in [-0.25, -0.2) is 8.42 Å². The summed E-state index contributed by atoms with van der Waals surface area (Å²) in [5.41, 5.74) is 0.693. The van der Waals surface area contributed by atoms with E-state index in [1.807, 2.05) is 0 Å². The van der Waals surface area contributed by atoms with E-state index in [2.05, 4.69) is 10.0 Å². The van der Waals surface area contributed by atoms with E-state index in [4.69, 9.17) is 0 Å². The summed E-state index contributed by atoms with van der Waals surface area (Å²) in [6, 6.07) is 6.86. The first-order chi connectivity index (χ1) is 8.52. The van der Waals surface area contributed by atoms with E-state index in [1.54, 1.807) is 31.2 Å². The SMILES string of the molecule is CCS(=O)(=O)Nc1ccccc1C(=O)NC1CC1. The molecular formula is C12H16N2O3S. The maximum atomic E-state index is 11.9. The molecule has 0 atom stereocenters. The summed E-state index contributed by atoms with van der Waals surface area (Å²) < 4.78 is 25.5. The minimum atomic E-state index is -3.37. The zero-order valence-electron chi connectivity index (χ0n) is 10.1. The lowest BCUT2D eigenvalue weighted by atomic mass is 10.1. The highest BCUT2D eigenvalue weighted by molar-refractivity contribution is 7.92. The number of sulfonamides is 1. The molecule has 0 unspecified atom stereocenters. The van der Waals surface area contributed by atoms with Gasteiger partial charge < -0.3 is 5.32 Å². The number of para-hydroxylation sites is 1. The molecule has 1 fully saturated rings. The van der Waals surface area contributed by atoms with Gasteiger partial charge in [-0.3, -0.25) is 9.52 Å². The molecule has 0 bridgehead atoms. The summed E-state index contributed by atoms with van der Waals surface area (Å²) in [4.78, 5) is 11.9. The van der Waals surface area contributed by atoms with E-state index in [-0.39, 0.29) is 17.7 Å². The molecule has 0 saturated heterocycles. The highest BCUT2D eigenvalue weighted by atomic mass is 32.2. The van der Waals surface area contributed by atoms with E-state index in [0.717, 1.165) is 12.8 Å². The predicted octanol–water partition coefficient (Wildman–Crippen LogP) is 1.34. The minimum absolute atomic E-state index is 0.0222. The standard InChI is InChI=1S/C12H16N2O3S/c1-2-18(16,17)14-11-6-4-3-5-10(11)12(15)13-9-7-8-9/h3-6,9,14H,2,7-8H2,1H3,(H,13,15). The maximum absolute atomic E-state index is 11.9. The number of nitrogens with one attached hydrogen (secondary N) is 2. The maximum Gasteiger partial charge on any atom is 0.253 e. The Balaban J connectivity index is 2.21. The Morgan fingerprint density at radius 1 is 1.33 bits per heavy atom. The van der Waals surface area contributed by atoms with Crippen molar-refractivity contribution in [1.82, 2.24) is 5.32 Å². The second kappa shape index (κ2) is 4.97. The third-order valence-corrected chi connectivity index (χ3v) is 4.02. The molecule has 98 valence electrons. The topological polar surface area (TPSA) is 75.3 Å². The van der Waals surface area contributed by atoms with Crippen molar-refractivity contribution in [3.8, 4) is 0 Å². The third kappa shape index (κ3) is 3.22. The quantitative estimate of drug-likeness (QED) is 0.846. The largest absolute Gasteiger partial charge is 0.349 e. The summed E-state index contributed by atoms with van der Waals surface area (Å²) in [6.45, 7) is 1.55. The van der Waals surface area contributed by atoms with Crippen LogP contribution >= 0.6 is 0 Å². The Bertz CT molecular complexity index is 550. The van der Waals surface area contributed by atoms with Gasteiger partial charge in [0.2, 0.25) is 10.0 Å². The number of anilines is 1. The van der Waals surface area contributed by atoms with Gasteiger partial charge in [0.1, 0.15) is 0 Å². The summed E-state index contributed by atoms with van der Waals surface area (Å²) in [7, 11) is -3.37. The second-order valence-electron chi connectivity index (χ2n) is 4.30. The van der Waals surface area contributed by atoms with Gasteiger partial charge in [0.05, 0.1) is 17.0 Å². The predicted molar refractivity (Wildman–Crippen MR) is 70.0 cm³/mol. The average Bonchev–Trinajstić information content (AvgIpc) is 3.13. The molecule has 5 nitrogen and oxygen atoms in total. The van der Waals surface area contributed by atoms with E-state index in [9.17, 15) is 13.2 Å². The third-order valence-electron chi connectivity index (χ3n) is 2.73. The van der Waals surface area contributed by atoms with Crippen molar-refractivity contribution in [2.75, 3.05) is 10.5 Å². The van der Waals surface area contributed by atoms with Crippen LogP contribution in [-0.4, -0.2) is 26.1 Å². The average molecular weight is 268 g/mol. The van der Waals surface area contributed by atoms with E-state index in [0.29, 0.717) is 11.3 Å². The normalized spacial score (nSPS) is 15.2. The minimum Gasteiger partial charge on any atom is -0.349 e. The van der Waals surface area contributed by atoms with Crippen LogP contribution in [0.3, 0.4) is 0 Å². The monoisotopic (exact) mass is 268 g/mol. The van der Waals surface area contributed by atoms with Gasteiger partial charge >= 0.3 is 0 Å². The van der Waals surface area contributed by atoms with Gasteiger partial charge in [0.15, 0.2) is 0 Å². The number of carbonyl (C=O) groups excluding carboxylic acids is 1. The fourth-order valence-electron chi connectivity index (χ4n) is 1.50. The number of benzene rings is 1. The Hall–Kier alpha value is -1.56. The molecule has 0 spiro atoms. The van der Waals surface area contributed by atoms with Crippen molar-refractivity contribution in [3.63, 3.8) is 0 Å². The van der Waals surface area contributed by atoms with Crippen LogP contribution in [0.2, 0.25) is 0 Å². The molecule has 0 radical (unpaired) electrons. The van der Waals surface area contributed by atoms with Crippen LogP contribution in [-0.2, 0) is 10.0 Å². The molecule has 1 aliphatic carbocycles. The Morgan fingerprint density at radius 2 is 2.00 bits per heavy atom. The van der Waals surface area contributed by atoms with Crippen molar-refractivity contribution < 1.29 is 13.2 Å².